The maximum atomic E-state index is 13.1. The van der Waals surface area contributed by atoms with Gasteiger partial charge in [-0.2, -0.15) is 5.26 Å². The summed E-state index contributed by atoms with van der Waals surface area (Å²) in [7, 11) is 0. The Morgan fingerprint density at radius 2 is 1.82 bits per heavy atom. The number of carbonyl (C=O) groups excluding carboxylic acids is 2. The van der Waals surface area contributed by atoms with E-state index in [0.717, 1.165) is 41.3 Å². The smallest absolute Gasteiger partial charge is 0.267 e. The van der Waals surface area contributed by atoms with Crippen molar-refractivity contribution in [3.63, 3.8) is 0 Å². The highest BCUT2D eigenvalue weighted by atomic mass is 16.2. The van der Waals surface area contributed by atoms with E-state index in [2.05, 4.69) is 46.0 Å². The molecule has 0 saturated heterocycles. The zero-order valence-electron chi connectivity index (χ0n) is 19.8. The lowest BCUT2D eigenvalue weighted by Gasteiger charge is -2.31. The van der Waals surface area contributed by atoms with Gasteiger partial charge in [0.1, 0.15) is 11.7 Å². The second kappa shape index (κ2) is 10.6. The summed E-state index contributed by atoms with van der Waals surface area (Å²) in [4.78, 5) is 29.3. The molecule has 4 rings (SSSR count). The Balaban J connectivity index is 1.47. The maximum Gasteiger partial charge on any atom is 0.267 e. The summed E-state index contributed by atoms with van der Waals surface area (Å²) in [5.41, 5.74) is 3.59. The molecule has 2 aromatic carbocycles. The van der Waals surface area contributed by atoms with Crippen molar-refractivity contribution in [1.82, 2.24) is 15.6 Å². The van der Waals surface area contributed by atoms with Crippen molar-refractivity contribution in [2.75, 3.05) is 0 Å². The van der Waals surface area contributed by atoms with E-state index in [-0.39, 0.29) is 23.8 Å². The van der Waals surface area contributed by atoms with Gasteiger partial charge in [-0.25, -0.2) is 0 Å². The summed E-state index contributed by atoms with van der Waals surface area (Å²) in [5, 5.41) is 16.4. The van der Waals surface area contributed by atoms with Gasteiger partial charge in [-0.1, -0.05) is 69.2 Å². The van der Waals surface area contributed by atoms with Crippen LogP contribution in [0.15, 0.2) is 54.6 Å². The standard InChI is InChI=1S/C28H32N4O2/c1-18(2)14-22(17-29)30-27(33)23-10-6-7-11-24(23)32-28(34)26-16-21-13-12-20(15-25(21)31-26)19-8-4-3-5-9-19/h3-5,8-9,12-13,15-16,18,22-24,31H,6-7,10-11,14H2,1-2H3,(H,30,33)(H,32,34)/t22-,23+,24-/m0/s1. The van der Waals surface area contributed by atoms with E-state index >= 15 is 0 Å². The van der Waals surface area contributed by atoms with Crippen LogP contribution in [0.4, 0.5) is 0 Å². The molecule has 34 heavy (non-hydrogen) atoms. The Kier molecular flexibility index (Phi) is 7.32. The van der Waals surface area contributed by atoms with Crippen LogP contribution in [-0.2, 0) is 4.79 Å². The predicted octanol–water partition coefficient (Wildman–Crippen LogP) is 5.18. The first-order valence-corrected chi connectivity index (χ1v) is 12.1. The number of carbonyl (C=O) groups is 2. The van der Waals surface area contributed by atoms with E-state index < -0.39 is 6.04 Å². The first kappa shape index (κ1) is 23.6. The molecule has 3 atom stereocenters. The molecule has 6 heteroatoms. The molecule has 0 radical (unpaired) electrons. The summed E-state index contributed by atoms with van der Waals surface area (Å²) < 4.78 is 0. The number of aromatic nitrogens is 1. The Labute approximate surface area is 200 Å². The Morgan fingerprint density at radius 3 is 2.56 bits per heavy atom. The fourth-order valence-electron chi connectivity index (χ4n) is 4.82. The van der Waals surface area contributed by atoms with Gasteiger partial charge in [-0.05, 0) is 48.4 Å². The van der Waals surface area contributed by atoms with Gasteiger partial charge in [0, 0.05) is 16.9 Å². The normalized spacial score (nSPS) is 18.9. The van der Waals surface area contributed by atoms with Crippen molar-refractivity contribution in [3.8, 4) is 17.2 Å². The van der Waals surface area contributed by atoms with Crippen LogP contribution >= 0.6 is 0 Å². The first-order valence-electron chi connectivity index (χ1n) is 12.1. The molecule has 1 fully saturated rings. The molecule has 1 saturated carbocycles. The average molecular weight is 457 g/mol. The molecule has 1 aromatic heterocycles. The third-order valence-electron chi connectivity index (χ3n) is 6.57. The van der Waals surface area contributed by atoms with Crippen molar-refractivity contribution < 1.29 is 9.59 Å². The zero-order chi connectivity index (χ0) is 24.1. The summed E-state index contributed by atoms with van der Waals surface area (Å²) >= 11 is 0. The van der Waals surface area contributed by atoms with Gasteiger partial charge in [0.15, 0.2) is 0 Å². The number of nitriles is 1. The fraction of sp³-hybridized carbons (Fsp3) is 0.393. The van der Waals surface area contributed by atoms with Crippen molar-refractivity contribution in [2.45, 2.75) is 58.0 Å². The number of rotatable bonds is 7. The highest BCUT2D eigenvalue weighted by molar-refractivity contribution is 5.99. The van der Waals surface area contributed by atoms with Crippen LogP contribution in [0.1, 0.15) is 56.4 Å². The molecule has 0 unspecified atom stereocenters. The highest BCUT2D eigenvalue weighted by Crippen LogP contribution is 2.27. The van der Waals surface area contributed by atoms with Crippen LogP contribution in [-0.4, -0.2) is 28.9 Å². The lowest BCUT2D eigenvalue weighted by Crippen LogP contribution is -2.50. The number of hydrogen-bond donors (Lipinski definition) is 3. The first-order chi connectivity index (χ1) is 16.4. The third-order valence-corrected chi connectivity index (χ3v) is 6.57. The Hall–Kier alpha value is -3.59. The monoisotopic (exact) mass is 456 g/mol. The highest BCUT2D eigenvalue weighted by Gasteiger charge is 2.33. The van der Waals surface area contributed by atoms with Crippen LogP contribution in [0.5, 0.6) is 0 Å². The van der Waals surface area contributed by atoms with Crippen LogP contribution in [0.2, 0.25) is 0 Å². The van der Waals surface area contributed by atoms with Crippen LogP contribution in [0.3, 0.4) is 0 Å². The zero-order valence-corrected chi connectivity index (χ0v) is 19.8. The number of hydrogen-bond acceptors (Lipinski definition) is 3. The van der Waals surface area contributed by atoms with E-state index in [1.54, 1.807) is 0 Å². The van der Waals surface area contributed by atoms with E-state index in [1.807, 2.05) is 44.2 Å². The molecule has 6 nitrogen and oxygen atoms in total. The lowest BCUT2D eigenvalue weighted by molar-refractivity contribution is -0.127. The molecule has 0 aliphatic heterocycles. The van der Waals surface area contributed by atoms with Crippen LogP contribution in [0.25, 0.3) is 22.0 Å². The second-order valence-corrected chi connectivity index (χ2v) is 9.64. The Morgan fingerprint density at radius 1 is 1.06 bits per heavy atom. The average Bonchev–Trinajstić information content (AvgIpc) is 3.28. The maximum absolute atomic E-state index is 13.1. The quantitative estimate of drug-likeness (QED) is 0.457. The molecular formula is C28H32N4O2. The van der Waals surface area contributed by atoms with E-state index in [0.29, 0.717) is 24.5 Å². The van der Waals surface area contributed by atoms with Crippen LogP contribution < -0.4 is 10.6 Å². The number of benzene rings is 2. The van der Waals surface area contributed by atoms with Gasteiger partial charge < -0.3 is 15.6 Å². The number of amides is 2. The predicted molar refractivity (Wildman–Crippen MR) is 134 cm³/mol. The molecule has 176 valence electrons. The topological polar surface area (TPSA) is 97.8 Å². The molecule has 1 aliphatic carbocycles. The largest absolute Gasteiger partial charge is 0.351 e. The van der Waals surface area contributed by atoms with Gasteiger partial charge in [0.25, 0.3) is 5.91 Å². The molecule has 2 amide bonds. The molecule has 3 aromatic rings. The number of H-pyrrole nitrogens is 1. The van der Waals surface area contributed by atoms with Gasteiger partial charge in [0.05, 0.1) is 12.0 Å². The van der Waals surface area contributed by atoms with E-state index in [4.69, 9.17) is 0 Å². The van der Waals surface area contributed by atoms with Crippen molar-refractivity contribution in [1.29, 1.82) is 5.26 Å². The number of fused-ring (bicyclic) bond motifs is 1. The van der Waals surface area contributed by atoms with Crippen LogP contribution in [0, 0.1) is 23.2 Å². The van der Waals surface area contributed by atoms with Gasteiger partial charge in [-0.3, -0.25) is 9.59 Å². The minimum atomic E-state index is -0.502. The van der Waals surface area contributed by atoms with E-state index in [1.165, 1.54) is 0 Å². The summed E-state index contributed by atoms with van der Waals surface area (Å²) in [6.07, 6.45) is 4.00. The Bertz CT molecular complexity index is 1190. The molecule has 1 aliphatic rings. The molecule has 0 bridgehead atoms. The molecular weight excluding hydrogens is 424 g/mol. The summed E-state index contributed by atoms with van der Waals surface area (Å²) in [6, 6.07) is 19.5. The van der Waals surface area contributed by atoms with Crippen molar-refractivity contribution in [3.05, 3.63) is 60.3 Å². The molecule has 3 N–H and O–H groups in total. The number of nitrogens with one attached hydrogen (secondary N) is 3. The molecule has 0 spiro atoms. The fourth-order valence-corrected chi connectivity index (χ4v) is 4.82. The summed E-state index contributed by atoms with van der Waals surface area (Å²) in [5.74, 6) is -0.353. The number of nitrogens with zero attached hydrogens (tertiary/aromatic N) is 1. The minimum Gasteiger partial charge on any atom is -0.351 e. The SMILES string of the molecule is CC(C)C[C@@H](C#N)NC(=O)[C@@H]1CCCC[C@@H]1NC(=O)c1cc2ccc(-c3ccccc3)cc2[nH]1. The van der Waals surface area contributed by atoms with Gasteiger partial charge in [-0.15, -0.1) is 0 Å². The van der Waals surface area contributed by atoms with Gasteiger partial charge >= 0.3 is 0 Å². The van der Waals surface area contributed by atoms with Crippen molar-refractivity contribution >= 4 is 22.7 Å². The van der Waals surface area contributed by atoms with Crippen molar-refractivity contribution in [2.24, 2.45) is 11.8 Å². The summed E-state index contributed by atoms with van der Waals surface area (Å²) in [6.45, 7) is 4.06. The minimum absolute atomic E-state index is 0.138. The lowest BCUT2D eigenvalue weighted by atomic mass is 9.83. The van der Waals surface area contributed by atoms with E-state index in [9.17, 15) is 14.9 Å². The molecule has 1 heterocycles. The van der Waals surface area contributed by atoms with Gasteiger partial charge in [0.2, 0.25) is 5.91 Å². The number of aromatic amines is 1. The third kappa shape index (κ3) is 5.48. The second-order valence-electron chi connectivity index (χ2n) is 9.64.